The number of rotatable bonds is 28. The fraction of sp³-hybridized carbons (Fsp3) is 0.893. The average molecular weight is 557 g/mol. The summed E-state index contributed by atoms with van der Waals surface area (Å²) in [6, 6.07) is 0. The van der Waals surface area contributed by atoms with E-state index in [1.807, 2.05) is 9.80 Å². The summed E-state index contributed by atoms with van der Waals surface area (Å²) in [6.45, 7) is 15.7. The van der Waals surface area contributed by atoms with Crippen molar-refractivity contribution in [2.24, 2.45) is 0 Å². The first kappa shape index (κ1) is 35.2. The molecule has 1 rings (SSSR count). The Bertz CT molecular complexity index is 618. The van der Waals surface area contributed by atoms with E-state index in [-0.39, 0.29) is 0 Å². The number of nitrogens with one attached hydrogen (secondary N) is 1. The van der Waals surface area contributed by atoms with Crippen LogP contribution in [0.25, 0.3) is 0 Å². The minimum absolute atomic E-state index is 0.308. The number of unbranched alkanes of at least 4 members (excludes halogenated alkanes) is 5. The van der Waals surface area contributed by atoms with E-state index in [1.54, 1.807) is 0 Å². The molecule has 39 heavy (non-hydrogen) atoms. The highest BCUT2D eigenvalue weighted by molar-refractivity contribution is 5.44. The second-order valence-electron chi connectivity index (χ2n) is 9.49. The molecule has 0 fully saturated rings. The van der Waals surface area contributed by atoms with E-state index in [0.717, 1.165) is 64.2 Å². The number of nitrogens with zero attached hydrogens (tertiary/aromatic N) is 5. The van der Waals surface area contributed by atoms with E-state index >= 15 is 0 Å². The molecule has 1 heterocycles. The predicted molar refractivity (Wildman–Crippen MR) is 157 cm³/mol. The first-order valence-corrected chi connectivity index (χ1v) is 15.1. The molecule has 1 aromatic rings. The van der Waals surface area contributed by atoms with Crippen LogP contribution in [0.2, 0.25) is 0 Å². The summed E-state index contributed by atoms with van der Waals surface area (Å²) >= 11 is 0. The van der Waals surface area contributed by atoms with Gasteiger partial charge in [-0.05, 0) is 32.1 Å². The zero-order valence-electron chi connectivity index (χ0n) is 25.4. The van der Waals surface area contributed by atoms with E-state index in [2.05, 4.69) is 39.9 Å². The van der Waals surface area contributed by atoms with Crippen LogP contribution in [0.1, 0.15) is 98.8 Å². The lowest BCUT2D eigenvalue weighted by molar-refractivity contribution is 0.0795. The van der Waals surface area contributed by atoms with Gasteiger partial charge in [0, 0.05) is 33.0 Å². The molecule has 228 valence electrons. The van der Waals surface area contributed by atoms with Gasteiger partial charge in [-0.3, -0.25) is 9.80 Å². The molecule has 1 N–H and O–H groups in total. The van der Waals surface area contributed by atoms with Gasteiger partial charge in [-0.15, -0.1) is 0 Å². The average Bonchev–Trinajstić information content (AvgIpc) is 2.95. The van der Waals surface area contributed by atoms with E-state index in [0.29, 0.717) is 84.5 Å². The molecule has 11 nitrogen and oxygen atoms in total. The number of anilines is 3. The summed E-state index contributed by atoms with van der Waals surface area (Å²) in [4.78, 5) is 18.0. The van der Waals surface area contributed by atoms with Gasteiger partial charge in [-0.1, -0.05) is 66.7 Å². The van der Waals surface area contributed by atoms with Crippen molar-refractivity contribution < 1.29 is 23.7 Å². The SMILES string of the molecule is CCCCOCNc1nc(N(COCCCC)COCCCC)nc(N(COCCCC)COCCCC)n1. The molecular weight excluding hydrogens is 500 g/mol. The normalized spacial score (nSPS) is 11.2. The highest BCUT2D eigenvalue weighted by atomic mass is 16.5. The molecule has 0 amide bonds. The maximum Gasteiger partial charge on any atom is 0.235 e. The van der Waals surface area contributed by atoms with Crippen molar-refractivity contribution in [2.45, 2.75) is 98.8 Å². The van der Waals surface area contributed by atoms with Gasteiger partial charge in [0.2, 0.25) is 17.8 Å². The van der Waals surface area contributed by atoms with Crippen LogP contribution in [-0.4, -0.2) is 81.6 Å². The fourth-order valence-corrected chi connectivity index (χ4v) is 3.14. The van der Waals surface area contributed by atoms with Gasteiger partial charge in [0.1, 0.15) is 33.7 Å². The van der Waals surface area contributed by atoms with E-state index in [1.165, 1.54) is 0 Å². The molecule has 0 atom stereocenters. The number of aromatic nitrogens is 3. The van der Waals surface area contributed by atoms with Crippen LogP contribution >= 0.6 is 0 Å². The Morgan fingerprint density at radius 2 is 0.821 bits per heavy atom. The monoisotopic (exact) mass is 556 g/mol. The van der Waals surface area contributed by atoms with Gasteiger partial charge >= 0.3 is 0 Å². The Kier molecular flexibility index (Phi) is 22.8. The predicted octanol–water partition coefficient (Wildman–Crippen LogP) is 5.77. The van der Waals surface area contributed by atoms with Crippen LogP contribution in [0.5, 0.6) is 0 Å². The van der Waals surface area contributed by atoms with Crippen LogP contribution in [0.3, 0.4) is 0 Å². The Labute approximate surface area is 237 Å². The molecule has 0 aliphatic heterocycles. The Balaban J connectivity index is 3.18. The Hall–Kier alpha value is -1.79. The van der Waals surface area contributed by atoms with E-state index < -0.39 is 0 Å². The van der Waals surface area contributed by atoms with Crippen LogP contribution in [0.4, 0.5) is 17.8 Å². The zero-order valence-corrected chi connectivity index (χ0v) is 25.4. The third-order valence-corrected chi connectivity index (χ3v) is 5.71. The van der Waals surface area contributed by atoms with Gasteiger partial charge < -0.3 is 29.0 Å². The zero-order chi connectivity index (χ0) is 28.4. The molecule has 0 unspecified atom stereocenters. The van der Waals surface area contributed by atoms with E-state index in [9.17, 15) is 0 Å². The molecule has 0 bridgehead atoms. The van der Waals surface area contributed by atoms with Crippen molar-refractivity contribution >= 4 is 17.8 Å². The number of hydrogen-bond acceptors (Lipinski definition) is 11. The van der Waals surface area contributed by atoms with Crippen molar-refractivity contribution in [1.82, 2.24) is 15.0 Å². The minimum atomic E-state index is 0.308. The molecule has 0 aliphatic carbocycles. The first-order valence-electron chi connectivity index (χ1n) is 15.1. The van der Waals surface area contributed by atoms with Gasteiger partial charge in [0.05, 0.1) is 0 Å². The summed E-state index contributed by atoms with van der Waals surface area (Å²) < 4.78 is 29.4. The smallest absolute Gasteiger partial charge is 0.235 e. The standard InChI is InChI=1S/C28H56N6O5/c1-6-11-16-35-21-29-26-30-27(33(22-36-17-12-7-2)23-37-18-13-8-3)32-28(31-26)34(24-38-19-14-9-4)25-39-20-15-10-5/h6-25H2,1-5H3,(H,29,30,31,32). The molecule has 0 spiro atoms. The summed E-state index contributed by atoms with van der Waals surface area (Å²) in [5, 5.41) is 3.20. The third kappa shape index (κ3) is 17.5. The second-order valence-corrected chi connectivity index (χ2v) is 9.49. The molecule has 0 aromatic carbocycles. The maximum absolute atomic E-state index is 5.93. The summed E-state index contributed by atoms with van der Waals surface area (Å²) in [6.07, 6.45) is 10.3. The number of ether oxygens (including phenoxy) is 5. The molecule has 0 radical (unpaired) electrons. The molecule has 1 aromatic heterocycles. The van der Waals surface area contributed by atoms with Gasteiger partial charge in [0.25, 0.3) is 0 Å². The van der Waals surface area contributed by atoms with Crippen LogP contribution in [0, 0.1) is 0 Å². The highest BCUT2D eigenvalue weighted by Gasteiger charge is 2.19. The Morgan fingerprint density at radius 3 is 1.15 bits per heavy atom. The molecule has 11 heteroatoms. The van der Waals surface area contributed by atoms with Crippen LogP contribution < -0.4 is 15.1 Å². The minimum Gasteiger partial charge on any atom is -0.361 e. The maximum atomic E-state index is 5.93. The quantitative estimate of drug-likeness (QED) is 0.100. The summed E-state index contributed by atoms with van der Waals surface area (Å²) in [7, 11) is 0. The van der Waals surface area contributed by atoms with Crippen LogP contribution in [0.15, 0.2) is 0 Å². The molecule has 0 aliphatic rings. The molecule has 0 saturated carbocycles. The van der Waals surface area contributed by atoms with Crippen molar-refractivity contribution in [3.05, 3.63) is 0 Å². The van der Waals surface area contributed by atoms with Crippen molar-refractivity contribution in [2.75, 3.05) is 81.8 Å². The van der Waals surface area contributed by atoms with Gasteiger partial charge in [-0.2, -0.15) is 15.0 Å². The summed E-state index contributed by atoms with van der Waals surface area (Å²) in [5.74, 6) is 1.36. The fourth-order valence-electron chi connectivity index (χ4n) is 3.14. The first-order chi connectivity index (χ1) is 19.2. The van der Waals surface area contributed by atoms with Crippen molar-refractivity contribution in [3.63, 3.8) is 0 Å². The van der Waals surface area contributed by atoms with Gasteiger partial charge in [0.15, 0.2) is 0 Å². The number of hydrogen-bond donors (Lipinski definition) is 1. The van der Waals surface area contributed by atoms with Gasteiger partial charge in [-0.25, -0.2) is 0 Å². The lowest BCUT2D eigenvalue weighted by Gasteiger charge is -2.26. The third-order valence-electron chi connectivity index (χ3n) is 5.71. The lowest BCUT2D eigenvalue weighted by atomic mass is 10.4. The topological polar surface area (TPSA) is 103 Å². The highest BCUT2D eigenvalue weighted by Crippen LogP contribution is 2.18. The Morgan fingerprint density at radius 1 is 0.487 bits per heavy atom. The molecular formula is C28H56N6O5. The van der Waals surface area contributed by atoms with Crippen molar-refractivity contribution in [3.8, 4) is 0 Å². The van der Waals surface area contributed by atoms with Crippen molar-refractivity contribution in [1.29, 1.82) is 0 Å². The molecule has 0 saturated heterocycles. The second kappa shape index (κ2) is 25.2. The lowest BCUT2D eigenvalue weighted by Crippen LogP contribution is -2.35. The van der Waals surface area contributed by atoms with Crippen LogP contribution in [-0.2, 0) is 23.7 Å². The van der Waals surface area contributed by atoms with E-state index in [4.69, 9.17) is 38.6 Å². The summed E-state index contributed by atoms with van der Waals surface area (Å²) in [5.41, 5.74) is 0. The largest absolute Gasteiger partial charge is 0.361 e.